The van der Waals surface area contributed by atoms with E-state index >= 15 is 0 Å². The van der Waals surface area contributed by atoms with Gasteiger partial charge in [0.1, 0.15) is 4.88 Å². The number of anilines is 1. The third-order valence-corrected chi connectivity index (χ3v) is 5.67. The van der Waals surface area contributed by atoms with Crippen molar-refractivity contribution in [3.8, 4) is 0 Å². The van der Waals surface area contributed by atoms with Crippen LogP contribution >= 0.6 is 22.9 Å². The number of rotatable bonds is 4. The van der Waals surface area contributed by atoms with Crippen LogP contribution in [-0.4, -0.2) is 18.0 Å². The van der Waals surface area contributed by atoms with Gasteiger partial charge in [-0.3, -0.25) is 4.79 Å². The number of halogens is 1. The summed E-state index contributed by atoms with van der Waals surface area (Å²) >= 11 is 7.54. The molecule has 4 nitrogen and oxygen atoms in total. The second-order valence-corrected chi connectivity index (χ2v) is 7.53. The average molecular weight is 388 g/mol. The zero-order valence-electron chi connectivity index (χ0n) is 14.6. The minimum atomic E-state index is -0.940. The number of thiophene rings is 1. The maximum absolute atomic E-state index is 12.4. The predicted octanol–water partition coefficient (Wildman–Crippen LogP) is 5.36. The lowest BCUT2D eigenvalue weighted by molar-refractivity contribution is -0.123. The highest BCUT2D eigenvalue weighted by atomic mass is 35.5. The van der Waals surface area contributed by atoms with Gasteiger partial charge in [0.15, 0.2) is 6.10 Å². The van der Waals surface area contributed by atoms with E-state index in [-0.39, 0.29) is 5.91 Å². The van der Waals surface area contributed by atoms with Crippen molar-refractivity contribution in [2.45, 2.75) is 26.9 Å². The van der Waals surface area contributed by atoms with Crippen LogP contribution in [0.5, 0.6) is 0 Å². The Morgan fingerprint density at radius 2 is 1.88 bits per heavy atom. The summed E-state index contributed by atoms with van der Waals surface area (Å²) in [4.78, 5) is 25.1. The molecule has 3 rings (SSSR count). The number of nitrogens with one attached hydrogen (secondary N) is 1. The molecule has 26 heavy (non-hydrogen) atoms. The largest absolute Gasteiger partial charge is 0.448 e. The lowest BCUT2D eigenvalue weighted by Gasteiger charge is -2.14. The second-order valence-electron chi connectivity index (χ2n) is 6.10. The van der Waals surface area contributed by atoms with E-state index in [0.717, 1.165) is 21.2 Å². The molecular weight excluding hydrogens is 370 g/mol. The van der Waals surface area contributed by atoms with E-state index in [9.17, 15) is 9.59 Å². The highest BCUT2D eigenvalue weighted by Crippen LogP contribution is 2.35. The van der Waals surface area contributed by atoms with Crippen LogP contribution in [0.1, 0.15) is 27.7 Å². The molecular formula is C20H18ClNO3S. The van der Waals surface area contributed by atoms with Crippen LogP contribution in [0.4, 0.5) is 5.69 Å². The van der Waals surface area contributed by atoms with Crippen LogP contribution in [0.2, 0.25) is 5.02 Å². The molecule has 1 unspecified atom stereocenters. The molecule has 0 fully saturated rings. The fraction of sp³-hybridized carbons (Fsp3) is 0.200. The van der Waals surface area contributed by atoms with Crippen LogP contribution in [-0.2, 0) is 9.53 Å². The fourth-order valence-corrected chi connectivity index (χ4v) is 3.99. The lowest BCUT2D eigenvalue weighted by atomic mass is 10.1. The molecule has 1 aromatic heterocycles. The summed E-state index contributed by atoms with van der Waals surface area (Å²) < 4.78 is 6.22. The number of esters is 1. The molecule has 0 bridgehead atoms. The fourth-order valence-electron chi connectivity index (χ4n) is 2.60. The molecule has 1 amide bonds. The molecule has 1 atom stereocenters. The van der Waals surface area contributed by atoms with Gasteiger partial charge >= 0.3 is 5.97 Å². The Balaban J connectivity index is 1.71. The van der Waals surface area contributed by atoms with Crippen molar-refractivity contribution in [2.24, 2.45) is 0 Å². The number of ether oxygens (including phenoxy) is 1. The van der Waals surface area contributed by atoms with E-state index in [2.05, 4.69) is 5.32 Å². The zero-order chi connectivity index (χ0) is 18.8. The Kier molecular flexibility index (Phi) is 5.30. The molecule has 0 spiro atoms. The van der Waals surface area contributed by atoms with Gasteiger partial charge in [0.05, 0.1) is 5.02 Å². The monoisotopic (exact) mass is 387 g/mol. The lowest BCUT2D eigenvalue weighted by Crippen LogP contribution is -2.30. The molecule has 0 aliphatic heterocycles. The summed E-state index contributed by atoms with van der Waals surface area (Å²) in [6.07, 6.45) is -0.940. The van der Waals surface area contributed by atoms with E-state index in [1.165, 1.54) is 18.3 Å². The van der Waals surface area contributed by atoms with Crippen molar-refractivity contribution < 1.29 is 14.3 Å². The maximum Gasteiger partial charge on any atom is 0.350 e. The topological polar surface area (TPSA) is 55.4 Å². The normalized spacial score (nSPS) is 12.0. The predicted molar refractivity (Wildman–Crippen MR) is 106 cm³/mol. The van der Waals surface area contributed by atoms with Crippen molar-refractivity contribution in [3.05, 3.63) is 63.5 Å². The molecule has 1 N–H and O–H groups in total. The molecule has 0 radical (unpaired) electrons. The summed E-state index contributed by atoms with van der Waals surface area (Å²) in [5, 5.41) is 3.95. The van der Waals surface area contributed by atoms with Gasteiger partial charge in [-0.25, -0.2) is 4.79 Å². The first-order valence-corrected chi connectivity index (χ1v) is 9.32. The first kappa shape index (κ1) is 18.4. The standard InChI is InChI=1S/C20H18ClNO3S/c1-11-8-9-15(12(2)10-11)22-19(23)13(3)25-20(24)18-17(21)14-6-4-5-7-16(14)26-18/h4-10,13H,1-3H3,(H,22,23). The van der Waals surface area contributed by atoms with Crippen LogP contribution in [0.15, 0.2) is 42.5 Å². The number of benzene rings is 2. The minimum absolute atomic E-state index is 0.305. The Labute approximate surface area is 160 Å². The Bertz CT molecular complexity index is 996. The number of carbonyl (C=O) groups excluding carboxylic acids is 2. The Morgan fingerprint density at radius 1 is 1.15 bits per heavy atom. The van der Waals surface area contributed by atoms with Gasteiger partial charge < -0.3 is 10.1 Å². The zero-order valence-corrected chi connectivity index (χ0v) is 16.2. The summed E-state index contributed by atoms with van der Waals surface area (Å²) in [5.41, 5.74) is 2.76. The quantitative estimate of drug-likeness (QED) is 0.613. The number of carbonyl (C=O) groups is 2. The molecule has 6 heteroatoms. The van der Waals surface area contributed by atoms with Crippen molar-refractivity contribution >= 4 is 50.6 Å². The third-order valence-electron chi connectivity index (χ3n) is 4.01. The third kappa shape index (κ3) is 3.74. The van der Waals surface area contributed by atoms with Crippen molar-refractivity contribution in [1.29, 1.82) is 0 Å². The van der Waals surface area contributed by atoms with E-state index in [1.807, 2.05) is 56.3 Å². The van der Waals surface area contributed by atoms with Gasteiger partial charge in [0, 0.05) is 15.8 Å². The Hall–Kier alpha value is -2.37. The summed E-state index contributed by atoms with van der Waals surface area (Å²) in [6.45, 7) is 5.44. The molecule has 0 aliphatic carbocycles. The van der Waals surface area contributed by atoms with Crippen molar-refractivity contribution in [3.63, 3.8) is 0 Å². The second kappa shape index (κ2) is 7.48. The first-order chi connectivity index (χ1) is 12.4. The Morgan fingerprint density at radius 3 is 2.58 bits per heavy atom. The highest BCUT2D eigenvalue weighted by molar-refractivity contribution is 7.21. The van der Waals surface area contributed by atoms with E-state index in [4.69, 9.17) is 16.3 Å². The van der Waals surface area contributed by atoms with Crippen LogP contribution in [0.3, 0.4) is 0 Å². The molecule has 2 aromatic carbocycles. The van der Waals surface area contributed by atoms with Crippen LogP contribution in [0.25, 0.3) is 10.1 Å². The minimum Gasteiger partial charge on any atom is -0.448 e. The van der Waals surface area contributed by atoms with E-state index < -0.39 is 12.1 Å². The number of hydrogen-bond donors (Lipinski definition) is 1. The molecule has 0 saturated heterocycles. The highest BCUT2D eigenvalue weighted by Gasteiger charge is 2.23. The number of amides is 1. The first-order valence-electron chi connectivity index (χ1n) is 8.13. The number of aryl methyl sites for hydroxylation is 2. The van der Waals surface area contributed by atoms with Gasteiger partial charge in [0.2, 0.25) is 0 Å². The van der Waals surface area contributed by atoms with Crippen molar-refractivity contribution in [2.75, 3.05) is 5.32 Å². The van der Waals surface area contributed by atoms with E-state index in [1.54, 1.807) is 0 Å². The summed E-state index contributed by atoms with van der Waals surface area (Å²) in [6, 6.07) is 13.2. The van der Waals surface area contributed by atoms with Gasteiger partial charge in [0.25, 0.3) is 5.91 Å². The van der Waals surface area contributed by atoms with Crippen LogP contribution in [0, 0.1) is 13.8 Å². The number of hydrogen-bond acceptors (Lipinski definition) is 4. The molecule has 0 aliphatic rings. The van der Waals surface area contributed by atoms with Gasteiger partial charge in [-0.2, -0.15) is 0 Å². The molecule has 1 heterocycles. The summed E-state index contributed by atoms with van der Waals surface area (Å²) in [5.74, 6) is -0.984. The molecule has 0 saturated carbocycles. The molecule has 134 valence electrons. The summed E-state index contributed by atoms with van der Waals surface area (Å²) in [7, 11) is 0. The molecule has 3 aromatic rings. The van der Waals surface area contributed by atoms with E-state index in [0.29, 0.717) is 15.6 Å². The maximum atomic E-state index is 12.4. The van der Waals surface area contributed by atoms with Crippen molar-refractivity contribution in [1.82, 2.24) is 0 Å². The van der Waals surface area contributed by atoms with Crippen LogP contribution < -0.4 is 5.32 Å². The SMILES string of the molecule is Cc1ccc(NC(=O)C(C)OC(=O)c2sc3ccccc3c2Cl)c(C)c1. The average Bonchev–Trinajstić information content (AvgIpc) is 2.94. The van der Waals surface area contributed by atoms with Gasteiger partial charge in [-0.1, -0.05) is 47.5 Å². The smallest absolute Gasteiger partial charge is 0.350 e. The van der Waals surface area contributed by atoms with Gasteiger partial charge in [-0.05, 0) is 38.5 Å². The number of fused-ring (bicyclic) bond motifs is 1. The van der Waals surface area contributed by atoms with Gasteiger partial charge in [-0.15, -0.1) is 11.3 Å².